The van der Waals surface area contributed by atoms with E-state index in [1.807, 2.05) is 47.7 Å². The zero-order valence-electron chi connectivity index (χ0n) is 30.3. The van der Waals surface area contributed by atoms with Crippen LogP contribution in [0.25, 0.3) is 11.3 Å². The van der Waals surface area contributed by atoms with Crippen molar-refractivity contribution in [3.05, 3.63) is 118 Å². The molecular formula is C41H44ClN7O4. The topological polar surface area (TPSA) is 99.3 Å². The number of aryl methyl sites for hydroxylation is 1. The number of hydrogen-bond donors (Lipinski definition) is 1. The highest BCUT2D eigenvalue weighted by molar-refractivity contribution is 6.31. The molecule has 0 bridgehead atoms. The van der Waals surface area contributed by atoms with Crippen LogP contribution in [0.3, 0.4) is 0 Å². The number of hydrogen-bond acceptors (Lipinski definition) is 7. The number of nitrogens with zero attached hydrogens (tertiary/aromatic N) is 7. The van der Waals surface area contributed by atoms with Gasteiger partial charge in [-0.15, -0.1) is 0 Å². The molecule has 5 aromatic rings. The molecule has 2 saturated heterocycles. The summed E-state index contributed by atoms with van der Waals surface area (Å²) in [5, 5.41) is 14.8. The van der Waals surface area contributed by atoms with Crippen molar-refractivity contribution in [1.29, 1.82) is 0 Å². The van der Waals surface area contributed by atoms with Crippen molar-refractivity contribution in [2.75, 3.05) is 50.8 Å². The van der Waals surface area contributed by atoms with Crippen LogP contribution in [-0.4, -0.2) is 104 Å². The zero-order valence-corrected chi connectivity index (χ0v) is 31.0. The van der Waals surface area contributed by atoms with Gasteiger partial charge in [-0.05, 0) is 73.0 Å². The fourth-order valence-corrected chi connectivity index (χ4v) is 8.31. The van der Waals surface area contributed by atoms with Gasteiger partial charge in [0.25, 0.3) is 11.8 Å². The fourth-order valence-electron chi connectivity index (χ4n) is 8.14. The van der Waals surface area contributed by atoms with Gasteiger partial charge in [-0.2, -0.15) is 5.10 Å². The van der Waals surface area contributed by atoms with Gasteiger partial charge < -0.3 is 19.3 Å². The lowest BCUT2D eigenvalue weighted by Crippen LogP contribution is -2.60. The Morgan fingerprint density at radius 2 is 1.75 bits per heavy atom. The largest absolute Gasteiger partial charge is 0.508 e. The van der Waals surface area contributed by atoms with Crippen LogP contribution < -0.4 is 4.90 Å². The first kappa shape index (κ1) is 35.1. The predicted octanol–water partition coefficient (Wildman–Crippen LogP) is 5.66. The summed E-state index contributed by atoms with van der Waals surface area (Å²) >= 11 is 6.66. The molecule has 11 nitrogen and oxygen atoms in total. The van der Waals surface area contributed by atoms with Crippen molar-refractivity contribution in [3.8, 4) is 17.0 Å². The van der Waals surface area contributed by atoms with Gasteiger partial charge in [0.15, 0.2) is 0 Å². The van der Waals surface area contributed by atoms with Gasteiger partial charge in [-0.1, -0.05) is 35.9 Å². The Morgan fingerprint density at radius 1 is 0.962 bits per heavy atom. The summed E-state index contributed by atoms with van der Waals surface area (Å²) in [4.78, 5) is 38.1. The van der Waals surface area contributed by atoms with Crippen molar-refractivity contribution >= 4 is 34.8 Å². The lowest BCUT2D eigenvalue weighted by molar-refractivity contribution is -0.0485. The smallest absolute Gasteiger partial charge is 0.264 e. The number of carbonyl (C=O) groups is 2. The van der Waals surface area contributed by atoms with E-state index in [4.69, 9.17) is 16.3 Å². The molecule has 53 heavy (non-hydrogen) atoms. The van der Waals surface area contributed by atoms with E-state index < -0.39 is 0 Å². The number of phenolic OH excluding ortho intramolecular Hbond substituents is 1. The summed E-state index contributed by atoms with van der Waals surface area (Å²) in [5.74, 6) is -0.234. The maximum absolute atomic E-state index is 15.0. The van der Waals surface area contributed by atoms with Gasteiger partial charge in [0, 0.05) is 105 Å². The Morgan fingerprint density at radius 3 is 2.53 bits per heavy atom. The molecular weight excluding hydrogens is 690 g/mol. The Hall–Kier alpha value is -4.94. The number of fused-ring (bicyclic) bond motifs is 2. The molecule has 0 unspecified atom stereocenters. The van der Waals surface area contributed by atoms with E-state index in [1.165, 1.54) is 5.56 Å². The van der Waals surface area contributed by atoms with Crippen molar-refractivity contribution in [2.24, 2.45) is 14.1 Å². The molecule has 2 atom stereocenters. The van der Waals surface area contributed by atoms with Gasteiger partial charge in [0.2, 0.25) is 0 Å². The molecule has 0 spiro atoms. The number of halogens is 1. The van der Waals surface area contributed by atoms with Gasteiger partial charge in [0.1, 0.15) is 5.75 Å². The fraction of sp³-hybridized carbons (Fsp3) is 0.341. The molecule has 3 aliphatic heterocycles. The first-order chi connectivity index (χ1) is 25.6. The van der Waals surface area contributed by atoms with E-state index in [-0.39, 0.29) is 23.6 Å². The third-order valence-corrected chi connectivity index (χ3v) is 11.4. The van der Waals surface area contributed by atoms with E-state index >= 15 is 0 Å². The molecule has 2 amide bonds. The van der Waals surface area contributed by atoms with E-state index in [1.54, 1.807) is 59.4 Å². The third-order valence-electron chi connectivity index (χ3n) is 11.1. The summed E-state index contributed by atoms with van der Waals surface area (Å²) in [6, 6.07) is 22.5. The van der Waals surface area contributed by atoms with Crippen LogP contribution in [0.4, 0.5) is 11.4 Å². The lowest BCUT2D eigenvalue weighted by Gasteiger charge is -2.46. The van der Waals surface area contributed by atoms with Crippen LogP contribution in [0.2, 0.25) is 5.02 Å². The molecule has 2 fully saturated rings. The maximum Gasteiger partial charge on any atom is 0.264 e. The van der Waals surface area contributed by atoms with Crippen LogP contribution in [0.15, 0.2) is 85.2 Å². The Labute approximate surface area is 314 Å². The first-order valence-electron chi connectivity index (χ1n) is 18.1. The summed E-state index contributed by atoms with van der Waals surface area (Å²) in [5.41, 5.74) is 6.70. The Balaban J connectivity index is 1.14. The number of aromatic hydroxyl groups is 1. The number of piperazine rings is 1. The van der Waals surface area contributed by atoms with E-state index in [2.05, 4.69) is 33.1 Å². The van der Waals surface area contributed by atoms with Crippen LogP contribution in [0, 0.1) is 6.92 Å². The molecule has 8 rings (SSSR count). The molecule has 5 heterocycles. The van der Waals surface area contributed by atoms with E-state index in [0.717, 1.165) is 63.6 Å². The highest BCUT2D eigenvalue weighted by Gasteiger charge is 2.36. The number of amides is 2. The quantitative estimate of drug-likeness (QED) is 0.231. The Kier molecular flexibility index (Phi) is 9.59. The zero-order chi connectivity index (χ0) is 36.8. The third kappa shape index (κ3) is 6.86. The number of benzene rings is 3. The molecule has 1 N–H and O–H groups in total. The summed E-state index contributed by atoms with van der Waals surface area (Å²) in [6.07, 6.45) is 4.18. The molecule has 0 radical (unpaired) electrons. The summed E-state index contributed by atoms with van der Waals surface area (Å²) in [7, 11) is 3.70. The highest BCUT2D eigenvalue weighted by Crippen LogP contribution is 2.36. The van der Waals surface area contributed by atoms with Crippen molar-refractivity contribution in [2.45, 2.75) is 32.0 Å². The van der Waals surface area contributed by atoms with E-state index in [9.17, 15) is 14.7 Å². The number of ether oxygens (including phenoxy) is 1. The second kappa shape index (κ2) is 14.5. The average molecular weight is 734 g/mol. The van der Waals surface area contributed by atoms with Crippen molar-refractivity contribution < 1.29 is 19.4 Å². The number of morpholine rings is 1. The maximum atomic E-state index is 15.0. The molecule has 0 saturated carbocycles. The Bertz CT molecular complexity index is 2160. The molecule has 12 heteroatoms. The molecule has 3 aromatic carbocycles. The van der Waals surface area contributed by atoms with Crippen LogP contribution in [0.1, 0.15) is 37.5 Å². The number of phenols is 1. The number of anilines is 2. The minimum Gasteiger partial charge on any atom is -0.508 e. The number of aromatic nitrogens is 3. The number of rotatable bonds is 7. The molecule has 0 aliphatic carbocycles. The van der Waals surface area contributed by atoms with Crippen molar-refractivity contribution in [1.82, 2.24) is 29.0 Å². The van der Waals surface area contributed by atoms with Crippen molar-refractivity contribution in [3.63, 3.8) is 0 Å². The first-order valence-corrected chi connectivity index (χ1v) is 18.5. The predicted molar refractivity (Wildman–Crippen MR) is 205 cm³/mol. The molecule has 2 aromatic heterocycles. The SMILES string of the molecule is Cc1c(C(=O)N(c2ccc(O)cc2)c2cnn(C)c2)cc(-c2cc(Cl)ccc2C(=O)N2Cc3ccccc3C[C@H]2CN2CCN3CCOC[C@@H]3C2)n1C. The van der Waals surface area contributed by atoms with E-state index in [0.29, 0.717) is 51.4 Å². The summed E-state index contributed by atoms with van der Waals surface area (Å²) in [6.45, 7) is 8.59. The lowest BCUT2D eigenvalue weighted by atomic mass is 9.92. The van der Waals surface area contributed by atoms with Crippen LogP contribution >= 0.6 is 11.6 Å². The average Bonchev–Trinajstić information content (AvgIpc) is 3.73. The normalized spacial score (nSPS) is 19.1. The second-order valence-corrected chi connectivity index (χ2v) is 14.8. The summed E-state index contributed by atoms with van der Waals surface area (Å²) < 4.78 is 9.41. The molecule has 274 valence electrons. The van der Waals surface area contributed by atoms with Gasteiger partial charge >= 0.3 is 0 Å². The number of carbonyl (C=O) groups excluding carboxylic acids is 2. The van der Waals surface area contributed by atoms with Gasteiger partial charge in [0.05, 0.1) is 30.7 Å². The minimum absolute atomic E-state index is 0.0253. The van der Waals surface area contributed by atoms with Gasteiger partial charge in [-0.3, -0.25) is 29.0 Å². The molecule has 3 aliphatic rings. The van der Waals surface area contributed by atoms with Gasteiger partial charge in [-0.25, -0.2) is 0 Å². The minimum atomic E-state index is -0.269. The highest BCUT2D eigenvalue weighted by atomic mass is 35.5. The second-order valence-electron chi connectivity index (χ2n) is 14.4. The standard InChI is InChI=1S/C41H44ClN7O4/c1-27-37(41(52)49(33-21-43-44(2)23-33)31-9-11-35(50)12-10-31)20-39(45(27)3)38-19-30(42)8-13-36(38)40(51)48-22-29-7-5-4-6-28(29)18-32(48)24-46-14-15-47-16-17-53-26-34(47)25-46/h4-13,19-21,23,32,34,50H,14-18,22,24-26H2,1-3H3/t32-,34-/m0/s1. The van der Waals surface area contributed by atoms with Crippen LogP contribution in [0.5, 0.6) is 5.75 Å². The monoisotopic (exact) mass is 733 g/mol. The van der Waals surface area contributed by atoms with Crippen LogP contribution in [-0.2, 0) is 31.8 Å².